The third-order valence-electron chi connectivity index (χ3n) is 5.72. The third-order valence-corrected chi connectivity index (χ3v) is 6.06. The zero-order chi connectivity index (χ0) is 23.3. The number of rotatable bonds is 4. The molecule has 0 unspecified atom stereocenters. The molecule has 33 heavy (non-hydrogen) atoms. The topological polar surface area (TPSA) is 93.0 Å². The minimum atomic E-state index is -1.18. The maximum absolute atomic E-state index is 13.5. The van der Waals surface area contributed by atoms with Crippen LogP contribution in [0.1, 0.15) is 11.6 Å². The highest BCUT2D eigenvalue weighted by atomic mass is 35.5. The number of benzene rings is 3. The van der Waals surface area contributed by atoms with Crippen LogP contribution in [0, 0.1) is 21.8 Å². The van der Waals surface area contributed by atoms with Crippen molar-refractivity contribution in [3.05, 3.63) is 99.3 Å². The predicted octanol–water partition coefficient (Wildman–Crippen LogP) is 4.44. The normalized spacial score (nSPS) is 22.1. The fourth-order valence-electron chi connectivity index (χ4n) is 4.25. The first-order valence-corrected chi connectivity index (χ1v) is 10.3. The number of carbonyl (C=O) groups excluding carboxylic acids is 2. The standard InChI is InChI=1S/C23H15ClFN3O5/c24-18-11-10-16(28(31)32)12-17(18)20-19-21(33-27(20)15-4-2-1-3-5-15)23(30)26(22(19)29)14-8-6-13(25)7-9-14/h1-12,19-21H/t19-,20-,21+/m0/s1. The minimum Gasteiger partial charge on any atom is -0.273 e. The fraction of sp³-hybridized carbons (Fsp3) is 0.130. The smallest absolute Gasteiger partial charge is 0.269 e. The van der Waals surface area contributed by atoms with Crippen LogP contribution < -0.4 is 9.96 Å². The zero-order valence-corrected chi connectivity index (χ0v) is 17.6. The minimum absolute atomic E-state index is 0.191. The SMILES string of the molecule is O=C1[C@@H]2[C@@H](ON(c3ccccc3)[C@H]2c2cc([N+](=O)[O-])ccc2Cl)C(=O)N1c1ccc(F)cc1. The van der Waals surface area contributed by atoms with Crippen molar-refractivity contribution in [2.24, 2.45) is 5.92 Å². The number of nitrogens with zero attached hydrogens (tertiary/aromatic N) is 3. The molecule has 3 atom stereocenters. The predicted molar refractivity (Wildman–Crippen MR) is 117 cm³/mol. The molecule has 2 aliphatic heterocycles. The summed E-state index contributed by atoms with van der Waals surface area (Å²) in [6.07, 6.45) is -1.18. The van der Waals surface area contributed by atoms with E-state index >= 15 is 0 Å². The third kappa shape index (κ3) is 3.42. The first-order chi connectivity index (χ1) is 15.9. The summed E-state index contributed by atoms with van der Waals surface area (Å²) in [7, 11) is 0. The molecule has 0 radical (unpaired) electrons. The van der Waals surface area contributed by atoms with Gasteiger partial charge in [0.2, 0.25) is 5.91 Å². The second-order valence-corrected chi connectivity index (χ2v) is 8.02. The molecule has 0 aliphatic carbocycles. The zero-order valence-electron chi connectivity index (χ0n) is 16.8. The number of carbonyl (C=O) groups is 2. The number of anilines is 2. The van der Waals surface area contributed by atoms with Gasteiger partial charge in [-0.1, -0.05) is 29.8 Å². The Hall–Kier alpha value is -3.82. The van der Waals surface area contributed by atoms with E-state index in [0.717, 1.165) is 17.0 Å². The molecule has 10 heteroatoms. The Morgan fingerprint density at radius 3 is 2.30 bits per heavy atom. The lowest BCUT2D eigenvalue weighted by Crippen LogP contribution is -2.37. The average Bonchev–Trinajstić information content (AvgIpc) is 3.31. The van der Waals surface area contributed by atoms with E-state index in [1.807, 2.05) is 0 Å². The molecule has 5 rings (SSSR count). The van der Waals surface area contributed by atoms with Crippen molar-refractivity contribution >= 4 is 40.5 Å². The van der Waals surface area contributed by atoms with Crippen LogP contribution in [0.3, 0.4) is 0 Å². The van der Waals surface area contributed by atoms with Gasteiger partial charge in [-0.15, -0.1) is 0 Å². The summed E-state index contributed by atoms with van der Waals surface area (Å²) in [4.78, 5) is 44.5. The van der Waals surface area contributed by atoms with Crippen LogP contribution in [0.25, 0.3) is 0 Å². The van der Waals surface area contributed by atoms with Crippen molar-refractivity contribution < 1.29 is 23.7 Å². The van der Waals surface area contributed by atoms with Gasteiger partial charge < -0.3 is 0 Å². The van der Waals surface area contributed by atoms with Gasteiger partial charge in [-0.3, -0.25) is 24.5 Å². The van der Waals surface area contributed by atoms with Crippen LogP contribution in [-0.2, 0) is 14.4 Å². The van der Waals surface area contributed by atoms with Crippen molar-refractivity contribution in [2.45, 2.75) is 12.1 Å². The second kappa shape index (κ2) is 7.95. The summed E-state index contributed by atoms with van der Waals surface area (Å²) >= 11 is 6.42. The van der Waals surface area contributed by atoms with E-state index in [-0.39, 0.29) is 22.0 Å². The Morgan fingerprint density at radius 1 is 0.939 bits per heavy atom. The van der Waals surface area contributed by atoms with Gasteiger partial charge in [-0.05, 0) is 42.5 Å². The van der Waals surface area contributed by atoms with Crippen LogP contribution in [-0.4, -0.2) is 22.8 Å². The van der Waals surface area contributed by atoms with Gasteiger partial charge in [-0.2, -0.15) is 0 Å². The van der Waals surface area contributed by atoms with Gasteiger partial charge in [0.25, 0.3) is 11.6 Å². The summed E-state index contributed by atoms with van der Waals surface area (Å²) in [6.45, 7) is 0. The Balaban J connectivity index is 1.63. The maximum atomic E-state index is 13.5. The quantitative estimate of drug-likeness (QED) is 0.320. The van der Waals surface area contributed by atoms with Gasteiger partial charge >= 0.3 is 0 Å². The first-order valence-electron chi connectivity index (χ1n) is 9.95. The van der Waals surface area contributed by atoms with Crippen LogP contribution in [0.5, 0.6) is 0 Å². The Labute approximate surface area is 191 Å². The molecule has 2 fully saturated rings. The number of fused-ring (bicyclic) bond motifs is 1. The van der Waals surface area contributed by atoms with Crippen LogP contribution in [0.4, 0.5) is 21.5 Å². The van der Waals surface area contributed by atoms with Crippen molar-refractivity contribution in [1.29, 1.82) is 0 Å². The molecule has 0 bridgehead atoms. The van der Waals surface area contributed by atoms with Crippen LogP contribution in [0.2, 0.25) is 5.02 Å². The Kier molecular flexibility index (Phi) is 5.07. The number of imide groups is 1. The van der Waals surface area contributed by atoms with Crippen LogP contribution >= 0.6 is 11.6 Å². The molecule has 3 aromatic rings. The van der Waals surface area contributed by atoms with E-state index in [1.165, 1.54) is 35.4 Å². The molecule has 3 aromatic carbocycles. The van der Waals surface area contributed by atoms with Crippen LogP contribution in [0.15, 0.2) is 72.8 Å². The van der Waals surface area contributed by atoms with Gasteiger partial charge in [-0.25, -0.2) is 14.4 Å². The largest absolute Gasteiger partial charge is 0.273 e. The van der Waals surface area contributed by atoms with Gasteiger partial charge in [0.15, 0.2) is 6.10 Å². The summed E-state index contributed by atoms with van der Waals surface area (Å²) in [5, 5.41) is 13.0. The number of para-hydroxylation sites is 1. The molecule has 2 aliphatic rings. The van der Waals surface area contributed by atoms with Gasteiger partial charge in [0, 0.05) is 22.7 Å². The van der Waals surface area contributed by atoms with E-state index in [2.05, 4.69) is 0 Å². The highest BCUT2D eigenvalue weighted by Crippen LogP contribution is 2.49. The molecule has 2 heterocycles. The molecular weight excluding hydrogens is 453 g/mol. The number of hydroxylamine groups is 1. The molecule has 2 amide bonds. The molecule has 0 spiro atoms. The number of non-ortho nitro benzene ring substituents is 1. The molecule has 2 saturated heterocycles. The highest BCUT2D eigenvalue weighted by Gasteiger charge is 2.60. The number of nitro benzene ring substituents is 1. The second-order valence-electron chi connectivity index (χ2n) is 7.61. The first kappa shape index (κ1) is 21.0. The molecule has 166 valence electrons. The number of hydrogen-bond acceptors (Lipinski definition) is 6. The van der Waals surface area contributed by atoms with E-state index in [1.54, 1.807) is 30.3 Å². The highest BCUT2D eigenvalue weighted by molar-refractivity contribution is 6.31. The lowest BCUT2D eigenvalue weighted by Gasteiger charge is -2.29. The van der Waals surface area contributed by atoms with Crippen molar-refractivity contribution in [3.63, 3.8) is 0 Å². The molecule has 8 nitrogen and oxygen atoms in total. The average molecular weight is 468 g/mol. The summed E-state index contributed by atoms with van der Waals surface area (Å²) in [5.41, 5.74) is 0.829. The molecular formula is C23H15ClFN3O5. The summed E-state index contributed by atoms with van der Waals surface area (Å²) in [6, 6.07) is 16.7. The van der Waals surface area contributed by atoms with Crippen molar-refractivity contribution in [1.82, 2.24) is 0 Å². The molecule has 0 aromatic heterocycles. The van der Waals surface area contributed by atoms with Gasteiger partial charge in [0.05, 0.1) is 22.3 Å². The lowest BCUT2D eigenvalue weighted by molar-refractivity contribution is -0.384. The van der Waals surface area contributed by atoms with Gasteiger partial charge in [0.1, 0.15) is 11.7 Å². The van der Waals surface area contributed by atoms with E-state index < -0.39 is 40.6 Å². The van der Waals surface area contributed by atoms with E-state index in [0.29, 0.717) is 5.69 Å². The summed E-state index contributed by atoms with van der Waals surface area (Å²) in [5.74, 6) is -2.71. The summed E-state index contributed by atoms with van der Waals surface area (Å²) < 4.78 is 13.4. The molecule has 0 saturated carbocycles. The fourth-order valence-corrected chi connectivity index (χ4v) is 4.47. The maximum Gasteiger partial charge on any atom is 0.269 e. The number of halogens is 2. The van der Waals surface area contributed by atoms with Crippen molar-refractivity contribution in [2.75, 3.05) is 9.96 Å². The Bertz CT molecular complexity index is 1270. The number of nitro groups is 1. The molecule has 0 N–H and O–H groups in total. The Morgan fingerprint density at radius 2 is 1.64 bits per heavy atom. The van der Waals surface area contributed by atoms with E-state index in [9.17, 15) is 24.1 Å². The van der Waals surface area contributed by atoms with Crippen molar-refractivity contribution in [3.8, 4) is 0 Å². The van der Waals surface area contributed by atoms with E-state index in [4.69, 9.17) is 16.4 Å². The lowest BCUT2D eigenvalue weighted by atomic mass is 9.90. The number of amides is 2. The monoisotopic (exact) mass is 467 g/mol. The number of hydrogen-bond donors (Lipinski definition) is 0.